The minimum Gasteiger partial charge on any atom is -0.426 e. The third kappa shape index (κ3) is 63.1. The number of carbonyl (C=O) groups is 5. The van der Waals surface area contributed by atoms with Crippen LogP contribution in [-0.2, 0) is 94.6 Å². The highest BCUT2D eigenvalue weighted by atomic mass is 32.2. The fraction of sp³-hybridized carbons (Fsp3) is 0.423. The molecule has 7 heterocycles. The Morgan fingerprint density at radius 3 is 1.26 bits per heavy atom. The number of azo groups is 1. The van der Waals surface area contributed by atoms with Gasteiger partial charge in [0.25, 0.3) is 0 Å². The molecule has 2 aromatic heterocycles. The van der Waals surface area contributed by atoms with Crippen LogP contribution < -0.4 is 10.1 Å². The number of benzene rings is 10. The van der Waals surface area contributed by atoms with E-state index in [1.807, 2.05) is 170 Å². The molecule has 17 heteroatoms. The van der Waals surface area contributed by atoms with Crippen molar-refractivity contribution in [3.63, 3.8) is 0 Å². The van der Waals surface area contributed by atoms with Crippen LogP contribution in [0, 0.1) is 59.2 Å². The largest absolute Gasteiger partial charge is 0.431 e. The van der Waals surface area contributed by atoms with Crippen LogP contribution in [0.4, 0.5) is 24.5 Å². The highest BCUT2D eigenvalue weighted by Gasteiger charge is 2.32. The van der Waals surface area contributed by atoms with Gasteiger partial charge in [0.1, 0.15) is 23.0 Å². The van der Waals surface area contributed by atoms with Gasteiger partial charge in [0, 0.05) is 65.5 Å². The van der Waals surface area contributed by atoms with Crippen molar-refractivity contribution >= 4 is 85.9 Å². The maximum absolute atomic E-state index is 12.2. The Balaban J connectivity index is 0.000000747. The number of para-hydroxylation sites is 5. The van der Waals surface area contributed by atoms with Crippen molar-refractivity contribution in [2.45, 2.75) is 290 Å². The van der Waals surface area contributed by atoms with E-state index in [0.29, 0.717) is 66.7 Å². The van der Waals surface area contributed by atoms with E-state index < -0.39 is 11.9 Å². The number of nitrogens with zero attached hydrogens (tertiary/aromatic N) is 4. The zero-order chi connectivity index (χ0) is 105. The number of nitrogens with one attached hydrogen (secondary N) is 3. The van der Waals surface area contributed by atoms with E-state index in [-0.39, 0.29) is 17.0 Å². The molecule has 0 atom stereocenters. The molecular weight excluding hydrogens is 1760 g/mol. The molecule has 13 nitrogen and oxygen atoms in total. The molecule has 3 aliphatic carbocycles. The lowest BCUT2D eigenvalue weighted by atomic mass is 9.91. The first-order chi connectivity index (χ1) is 66.1. The Bertz CT molecular complexity index is 4870. The monoisotopic (exact) mass is 1930 g/mol. The summed E-state index contributed by atoms with van der Waals surface area (Å²) in [6.07, 6.45) is 10.0. The number of carbonyl (C=O) groups excluding carboxylic acids is 5. The van der Waals surface area contributed by atoms with Crippen LogP contribution in [0.1, 0.15) is 287 Å². The standard InChI is InChI=1S/C10H10O.C9H6F3N.C9H8O.C9H8.C8H7NO.C8H7N.C8H6O2.C8H6OS.2C7H6N2.10C4H10/c11-10-6-5-8-3-1-2-4-9(8)7-10;10-9(11,12)8-5-6-3-1-2-4-7(6)13-8;10-9-5-7-3-1-2-4-8(7)6-9;1-2-5-9-7-3-6-8(9)4-1;10-8-5-6-3-1-2-4-7(6)9-8;1-2-4-8-6-9-5-7(8)3-1;2*9-8-5-6-3-1-2-4-7(6)10-8;1-2-4-7-6(3-1)8-5-9-7;1-2-4-7-6(3-1)5-8-9-7;10*1-4(2)3/h1-4H,5-7H2;1-5,13H;1-4H,5-6H2;1-6H,7H2;1-4H,5H2,(H,9,10);1-5H,6H2;2*1-4H,5H2;1-5H,(H,8,9);1-4H,5H2;10*4H,1-3H3. The number of anilines is 1. The average Bonchev–Trinajstić information content (AvgIpc) is 1.69. The molecule has 760 valence electrons. The summed E-state index contributed by atoms with van der Waals surface area (Å²) in [5.41, 5.74) is 18.9. The number of thioether (sulfide) groups is 1. The van der Waals surface area contributed by atoms with Gasteiger partial charge in [-0.1, -0.05) is 432 Å². The minimum atomic E-state index is -4.29. The number of aromatic amines is 2. The second-order valence-corrected chi connectivity index (χ2v) is 42.2. The van der Waals surface area contributed by atoms with E-state index in [4.69, 9.17) is 4.74 Å². The molecule has 0 fully saturated rings. The van der Waals surface area contributed by atoms with Crippen molar-refractivity contribution in [3.8, 4) is 5.75 Å². The lowest BCUT2D eigenvalue weighted by molar-refractivity contribution is -0.140. The number of aliphatic imine (C=N–C) groups is 1. The van der Waals surface area contributed by atoms with Crippen molar-refractivity contribution in [2.75, 3.05) is 5.32 Å². The third-order valence-corrected chi connectivity index (χ3v) is 17.6. The topological polar surface area (TPSA) is 188 Å². The van der Waals surface area contributed by atoms with Crippen molar-refractivity contribution in [3.05, 3.63) is 334 Å². The van der Waals surface area contributed by atoms with Crippen molar-refractivity contribution < 1.29 is 41.9 Å². The van der Waals surface area contributed by atoms with Crippen LogP contribution in [0.15, 0.2) is 281 Å². The summed E-state index contributed by atoms with van der Waals surface area (Å²) in [6.45, 7) is 66.6. The summed E-state index contributed by atoms with van der Waals surface area (Å²) in [7, 11) is 0. The number of hydrogen-bond acceptors (Lipinski definition) is 11. The number of imidazole rings is 1. The Labute approximate surface area is 846 Å². The lowest BCUT2D eigenvalue weighted by Gasteiger charge is -2.13. The van der Waals surface area contributed by atoms with Gasteiger partial charge in [-0.3, -0.25) is 29.0 Å². The minimum absolute atomic E-state index is 0.0983. The summed E-state index contributed by atoms with van der Waals surface area (Å²) in [5, 5.41) is 11.4. The number of rotatable bonds is 0. The number of ketones is 2. The summed E-state index contributed by atoms with van der Waals surface area (Å²) < 4.78 is 41.5. The second-order valence-electron chi connectivity index (χ2n) is 41.1. The van der Waals surface area contributed by atoms with Crippen molar-refractivity contribution in [2.24, 2.45) is 74.4 Å². The number of Topliss-reactive ketones (excluding diaryl/α,β-unsaturated/α-hetero) is 2. The predicted molar refractivity (Wildman–Crippen MR) is 594 cm³/mol. The number of halogens is 3. The number of H-pyrrole nitrogens is 2. The molecular formula is C123H170F3N7O6S. The fourth-order valence-corrected chi connectivity index (χ4v) is 12.4. The molecule has 12 aromatic rings. The number of aryl methyl sites for hydroxylation is 1. The molecule has 140 heavy (non-hydrogen) atoms. The molecule has 0 saturated carbocycles. The zero-order valence-electron chi connectivity index (χ0n) is 90.3. The van der Waals surface area contributed by atoms with Gasteiger partial charge >= 0.3 is 12.1 Å². The fourth-order valence-electron chi connectivity index (χ4n) is 11.5. The van der Waals surface area contributed by atoms with Crippen molar-refractivity contribution in [1.82, 2.24) is 15.0 Å². The number of hydrogen-bond donors (Lipinski definition) is 3. The van der Waals surface area contributed by atoms with E-state index in [1.54, 1.807) is 36.7 Å². The van der Waals surface area contributed by atoms with Gasteiger partial charge in [0.15, 0.2) is 5.12 Å². The van der Waals surface area contributed by atoms with Crippen LogP contribution in [-0.4, -0.2) is 49.7 Å². The molecule has 5 aliphatic heterocycles. The normalized spacial score (nSPS) is 12.6. The number of alkyl halides is 3. The summed E-state index contributed by atoms with van der Waals surface area (Å²) >= 11 is 1.35. The smallest absolute Gasteiger partial charge is 0.426 e. The zero-order valence-corrected chi connectivity index (χ0v) is 91.1. The molecule has 0 saturated heterocycles. The summed E-state index contributed by atoms with van der Waals surface area (Å²) in [5.74, 6) is 9.72. The van der Waals surface area contributed by atoms with E-state index in [0.717, 1.165) is 136 Å². The molecule has 0 bridgehead atoms. The molecule has 20 rings (SSSR count). The number of aromatic nitrogens is 3. The van der Waals surface area contributed by atoms with Gasteiger partial charge in [-0.15, -0.1) is 0 Å². The number of fused-ring (bicyclic) bond motifs is 10. The number of ether oxygens (including phenoxy) is 1. The highest BCUT2D eigenvalue weighted by molar-refractivity contribution is 8.14. The summed E-state index contributed by atoms with van der Waals surface area (Å²) in [4.78, 5) is 68.9. The number of esters is 1. The van der Waals surface area contributed by atoms with Crippen LogP contribution in [0.5, 0.6) is 5.75 Å². The van der Waals surface area contributed by atoms with Gasteiger partial charge < -0.3 is 20.0 Å². The predicted octanol–water partition coefficient (Wildman–Crippen LogP) is 34.8. The average molecular weight is 1930 g/mol. The molecule has 8 aliphatic rings. The van der Waals surface area contributed by atoms with Gasteiger partial charge in [0.05, 0.1) is 49.0 Å². The molecule has 1 amide bonds. The Hall–Kier alpha value is -11.7. The van der Waals surface area contributed by atoms with Gasteiger partial charge in [-0.25, -0.2) is 4.98 Å². The highest BCUT2D eigenvalue weighted by Crippen LogP contribution is 2.34. The summed E-state index contributed by atoms with van der Waals surface area (Å²) in [6, 6.07) is 79.9. The Morgan fingerprint density at radius 1 is 0.364 bits per heavy atom. The van der Waals surface area contributed by atoms with Gasteiger partial charge in [0.2, 0.25) is 5.91 Å². The molecule has 0 radical (unpaired) electrons. The third-order valence-electron chi connectivity index (χ3n) is 16.6. The number of allylic oxidation sites excluding steroid dienone is 1. The maximum atomic E-state index is 12.2. The van der Waals surface area contributed by atoms with Crippen LogP contribution in [0.25, 0.3) is 28.0 Å². The molecule has 0 spiro atoms. The first-order valence-electron chi connectivity index (χ1n) is 50.0. The first-order valence-corrected chi connectivity index (χ1v) is 50.8. The molecule has 10 aromatic carbocycles. The van der Waals surface area contributed by atoms with Crippen LogP contribution in [0.2, 0.25) is 0 Å². The maximum Gasteiger partial charge on any atom is 0.431 e. The quantitative estimate of drug-likeness (QED) is 0.0988. The van der Waals surface area contributed by atoms with Gasteiger partial charge in [-0.2, -0.15) is 23.4 Å². The molecule has 0 unspecified atom stereocenters. The second kappa shape index (κ2) is 72.6. The molecule has 3 N–H and O–H groups in total. The lowest BCUT2D eigenvalue weighted by Crippen LogP contribution is -2.12. The van der Waals surface area contributed by atoms with Crippen molar-refractivity contribution in [1.29, 1.82) is 0 Å². The Morgan fingerprint density at radius 2 is 0.779 bits per heavy atom. The SMILES string of the molecule is C1=Cc2ccccc2C1.C1=NCc2ccccc21.CC(C)C.CC(C)C.CC(C)C.CC(C)C.CC(C)C.CC(C)C.CC(C)C.CC(C)C.CC(C)C.CC(C)C.FC(F)(F)c1cc2ccccc2[nH]1.O=C1CCc2ccccc2C1.O=C1Cc2ccccc2C1.O=C1Cc2ccccc2N1.O=C1Cc2ccccc2O1.O=C1Cc2ccccc2S1.c1ccc2[nH]cnc2c1.c1ccc2c(c1)CN=N2. The van der Waals surface area contributed by atoms with Crippen LogP contribution in [0.3, 0.4) is 0 Å². The van der Waals surface area contributed by atoms with E-state index >= 15 is 0 Å². The van der Waals surface area contributed by atoms with E-state index in [2.05, 4.69) is 304 Å². The van der Waals surface area contributed by atoms with E-state index in [9.17, 15) is 37.1 Å². The number of amides is 1. The first kappa shape index (κ1) is 126. The Kier molecular flexibility index (Phi) is 65.5. The van der Waals surface area contributed by atoms with Crippen LogP contribution >= 0.6 is 11.8 Å². The van der Waals surface area contributed by atoms with E-state index in [1.165, 1.54) is 67.4 Å². The van der Waals surface area contributed by atoms with Gasteiger partial charge in [-0.05, 0) is 182 Å².